The minimum absolute atomic E-state index is 0.0799. The van der Waals surface area contributed by atoms with E-state index >= 15 is 0 Å². The maximum absolute atomic E-state index is 13.3. The largest absolute Gasteiger partial charge is 0.468 e. The molecule has 0 N–H and O–H groups in total. The summed E-state index contributed by atoms with van der Waals surface area (Å²) in [5.41, 5.74) is 3.75. The van der Waals surface area contributed by atoms with Gasteiger partial charge in [-0.2, -0.15) is 0 Å². The van der Waals surface area contributed by atoms with Crippen LogP contribution in [0.4, 0.5) is 0 Å². The van der Waals surface area contributed by atoms with Crippen molar-refractivity contribution in [2.75, 3.05) is 20.8 Å². The molecule has 0 aromatic heterocycles. The normalized spacial score (nSPS) is 20.7. The minimum Gasteiger partial charge on any atom is -0.468 e. The van der Waals surface area contributed by atoms with Crippen LogP contribution >= 0.6 is 0 Å². The molecule has 0 amide bonds. The molecule has 9 heteroatoms. The van der Waals surface area contributed by atoms with Crippen LogP contribution in [0.2, 0.25) is 0 Å². The molecule has 9 nitrogen and oxygen atoms in total. The summed E-state index contributed by atoms with van der Waals surface area (Å²) in [5.74, 6) is -3.08. The summed E-state index contributed by atoms with van der Waals surface area (Å²) in [7, 11) is 2.44. The van der Waals surface area contributed by atoms with Crippen molar-refractivity contribution in [1.82, 2.24) is 0 Å². The van der Waals surface area contributed by atoms with Crippen molar-refractivity contribution in [1.29, 1.82) is 0 Å². The molecule has 1 aliphatic heterocycles. The van der Waals surface area contributed by atoms with E-state index in [1.165, 1.54) is 14.2 Å². The van der Waals surface area contributed by atoms with Crippen LogP contribution in [0.25, 0.3) is 0 Å². The van der Waals surface area contributed by atoms with Crippen LogP contribution in [-0.2, 0) is 69.2 Å². The first kappa shape index (κ1) is 34.9. The lowest BCUT2D eigenvalue weighted by Gasteiger charge is -2.47. The molecule has 252 valence electrons. The van der Waals surface area contributed by atoms with Gasteiger partial charge in [0.25, 0.3) is 0 Å². The van der Waals surface area contributed by atoms with E-state index in [-0.39, 0.29) is 26.4 Å². The quantitative estimate of drug-likeness (QED) is 0.112. The summed E-state index contributed by atoms with van der Waals surface area (Å²) in [4.78, 5) is 26.5. The summed E-state index contributed by atoms with van der Waals surface area (Å²) < 4.78 is 42.9. The van der Waals surface area contributed by atoms with Gasteiger partial charge in [-0.1, -0.05) is 121 Å². The van der Waals surface area contributed by atoms with Gasteiger partial charge in [0.1, 0.15) is 30.5 Å². The van der Waals surface area contributed by atoms with Gasteiger partial charge in [0.2, 0.25) is 0 Å². The zero-order valence-corrected chi connectivity index (χ0v) is 27.2. The van der Waals surface area contributed by atoms with Crippen molar-refractivity contribution in [3.8, 4) is 0 Å². The number of rotatable bonds is 16. The summed E-state index contributed by atoms with van der Waals surface area (Å²) in [5, 5.41) is 0. The number of carbonyl (C=O) groups is 2. The summed E-state index contributed by atoms with van der Waals surface area (Å²) in [6.45, 7) is 1.02. The second-order valence-corrected chi connectivity index (χ2v) is 11.4. The van der Waals surface area contributed by atoms with Gasteiger partial charge in [-0.25, -0.2) is 0 Å². The van der Waals surface area contributed by atoms with Crippen LogP contribution < -0.4 is 0 Å². The lowest BCUT2D eigenvalue weighted by atomic mass is 9.87. The molecule has 1 fully saturated rings. The molecular formula is C39H42O9. The monoisotopic (exact) mass is 654 g/mol. The second-order valence-electron chi connectivity index (χ2n) is 11.4. The predicted molar refractivity (Wildman–Crippen MR) is 177 cm³/mol. The molecule has 0 radical (unpaired) electrons. The number of benzene rings is 4. The van der Waals surface area contributed by atoms with Gasteiger partial charge in [-0.15, -0.1) is 0 Å². The Balaban J connectivity index is 1.53. The Morgan fingerprint density at radius 3 is 1.33 bits per heavy atom. The molecule has 0 saturated carbocycles. The van der Waals surface area contributed by atoms with E-state index in [2.05, 4.69) is 0 Å². The number of ether oxygens (including phenoxy) is 7. The van der Waals surface area contributed by atoms with Crippen LogP contribution in [-0.4, -0.2) is 63.3 Å². The number of methoxy groups -OCH3 is 2. The van der Waals surface area contributed by atoms with E-state index in [0.29, 0.717) is 6.61 Å². The van der Waals surface area contributed by atoms with Crippen molar-refractivity contribution in [2.45, 2.75) is 56.9 Å². The van der Waals surface area contributed by atoms with Gasteiger partial charge in [-0.05, 0) is 22.3 Å². The third kappa shape index (κ3) is 9.59. The summed E-state index contributed by atoms with van der Waals surface area (Å²) in [6, 6.07) is 38.9. The van der Waals surface area contributed by atoms with Gasteiger partial charge in [0, 0.05) is 0 Å². The first-order chi connectivity index (χ1) is 23.6. The van der Waals surface area contributed by atoms with E-state index in [0.717, 1.165) is 22.3 Å². The highest BCUT2D eigenvalue weighted by Crippen LogP contribution is 2.35. The Bertz CT molecular complexity index is 1500. The van der Waals surface area contributed by atoms with Crippen LogP contribution in [0.15, 0.2) is 121 Å². The topological polar surface area (TPSA) is 98.8 Å². The highest BCUT2D eigenvalue weighted by atomic mass is 16.6. The van der Waals surface area contributed by atoms with E-state index in [9.17, 15) is 9.59 Å². The Labute approximate surface area is 281 Å². The van der Waals surface area contributed by atoms with Gasteiger partial charge in [0.05, 0.1) is 47.3 Å². The summed E-state index contributed by atoms with van der Waals surface area (Å²) in [6.07, 6.45) is -4.41. The first-order valence-electron chi connectivity index (χ1n) is 16.0. The second kappa shape index (κ2) is 18.2. The Kier molecular flexibility index (Phi) is 13.3. The molecule has 0 unspecified atom stereocenters. The molecule has 5 rings (SSSR count). The van der Waals surface area contributed by atoms with Crippen molar-refractivity contribution < 1.29 is 42.7 Å². The van der Waals surface area contributed by atoms with Gasteiger partial charge >= 0.3 is 11.9 Å². The molecular weight excluding hydrogens is 612 g/mol. The minimum atomic E-state index is -1.46. The highest BCUT2D eigenvalue weighted by Gasteiger charge is 2.54. The summed E-state index contributed by atoms with van der Waals surface area (Å²) >= 11 is 0. The van der Waals surface area contributed by atoms with Gasteiger partial charge in [-0.3, -0.25) is 9.59 Å². The number of esters is 2. The fourth-order valence-electron chi connectivity index (χ4n) is 5.71. The zero-order valence-electron chi connectivity index (χ0n) is 27.2. The van der Waals surface area contributed by atoms with E-state index < -0.39 is 48.4 Å². The van der Waals surface area contributed by atoms with Gasteiger partial charge in [0.15, 0.2) is 5.92 Å². The first-order valence-corrected chi connectivity index (χ1v) is 16.0. The molecule has 0 bridgehead atoms. The fraction of sp³-hybridized carbons (Fsp3) is 0.333. The fourth-order valence-corrected chi connectivity index (χ4v) is 5.71. The molecule has 4 aromatic rings. The maximum atomic E-state index is 13.3. The van der Waals surface area contributed by atoms with Crippen molar-refractivity contribution >= 4 is 11.9 Å². The Morgan fingerprint density at radius 2 is 0.917 bits per heavy atom. The van der Waals surface area contributed by atoms with Crippen LogP contribution in [0, 0.1) is 5.92 Å². The molecule has 4 aromatic carbocycles. The maximum Gasteiger partial charge on any atom is 0.322 e. The molecule has 0 spiro atoms. The Hall–Kier alpha value is -4.38. The third-order valence-corrected chi connectivity index (χ3v) is 8.16. The molecule has 1 aliphatic rings. The van der Waals surface area contributed by atoms with Crippen molar-refractivity contribution in [3.05, 3.63) is 144 Å². The lowest BCUT2D eigenvalue weighted by Crippen LogP contribution is -2.64. The highest BCUT2D eigenvalue weighted by molar-refractivity contribution is 5.95. The number of carbonyl (C=O) groups excluding carboxylic acids is 2. The van der Waals surface area contributed by atoms with Crippen molar-refractivity contribution in [2.24, 2.45) is 5.92 Å². The number of hydrogen-bond acceptors (Lipinski definition) is 9. The average Bonchev–Trinajstić information content (AvgIpc) is 3.14. The van der Waals surface area contributed by atoms with E-state index in [4.69, 9.17) is 33.2 Å². The van der Waals surface area contributed by atoms with Crippen molar-refractivity contribution in [3.63, 3.8) is 0 Å². The zero-order chi connectivity index (χ0) is 33.6. The standard InChI is InChI=1S/C39H42O9/c1-42-38(40)33(39(41)43-2)35-37(47-26-31-21-13-6-14-22-31)36(46-25-30-19-11-5-12-20-30)34(45-24-29-17-9-4-10-18-29)32(48-35)27-44-23-28-15-7-3-8-16-28/h3-22,32-37H,23-27H2,1-2H3/t32-,34+,35+,36+,37+/m1/s1. The predicted octanol–water partition coefficient (Wildman–Crippen LogP) is 5.69. The van der Waals surface area contributed by atoms with Crippen LogP contribution in [0.1, 0.15) is 22.3 Å². The van der Waals surface area contributed by atoms with E-state index in [1.54, 1.807) is 0 Å². The Morgan fingerprint density at radius 1 is 0.542 bits per heavy atom. The smallest absolute Gasteiger partial charge is 0.322 e. The van der Waals surface area contributed by atoms with Gasteiger partial charge < -0.3 is 33.2 Å². The SMILES string of the molecule is COC(=O)C(C(=O)OC)[C@@H]1O[C@H](COCc2ccccc2)[C@H](OCc2ccccc2)[C@H](OCc2ccccc2)[C@H]1OCc1ccccc1. The molecule has 5 atom stereocenters. The molecule has 1 saturated heterocycles. The molecule has 0 aliphatic carbocycles. The third-order valence-electron chi connectivity index (χ3n) is 8.16. The molecule has 1 heterocycles. The van der Waals surface area contributed by atoms with E-state index in [1.807, 2.05) is 121 Å². The lowest BCUT2D eigenvalue weighted by molar-refractivity contribution is -0.281. The number of hydrogen-bond donors (Lipinski definition) is 0. The van der Waals surface area contributed by atoms with Crippen LogP contribution in [0.5, 0.6) is 0 Å². The van der Waals surface area contributed by atoms with Crippen LogP contribution in [0.3, 0.4) is 0 Å². The molecule has 48 heavy (non-hydrogen) atoms. The average molecular weight is 655 g/mol.